The lowest BCUT2D eigenvalue weighted by Crippen LogP contribution is -2.10. The van der Waals surface area contributed by atoms with Crippen LogP contribution in [-0.2, 0) is 0 Å². The molecule has 0 rings (SSSR count). The average molecular weight is 167 g/mol. The fourth-order valence-corrected chi connectivity index (χ4v) is 1.39. The highest BCUT2D eigenvalue weighted by Crippen LogP contribution is 2.24. The molecule has 0 aromatic heterocycles. The first-order valence-corrected chi connectivity index (χ1v) is 4.61. The smallest absolute Gasteiger partial charge is 0.289 e. The zero-order valence-electron chi connectivity index (χ0n) is 5.25. The van der Waals surface area contributed by atoms with Gasteiger partial charge in [0, 0.05) is 17.8 Å². The summed E-state index contributed by atoms with van der Waals surface area (Å²) in [5.74, 6) is 0. The molecule has 9 heavy (non-hydrogen) atoms. The first-order chi connectivity index (χ1) is 4.16. The van der Waals surface area contributed by atoms with E-state index in [9.17, 15) is 4.79 Å². The van der Waals surface area contributed by atoms with E-state index >= 15 is 0 Å². The highest BCUT2D eigenvalue weighted by molar-refractivity contribution is 8.82. The third-order valence-corrected chi connectivity index (χ3v) is 2.78. The van der Waals surface area contributed by atoms with Crippen LogP contribution in [0.3, 0.4) is 0 Å². The number of aliphatic hydroxyl groups excluding tert-OH is 1. The normalized spacial score (nSPS) is 12.8. The highest BCUT2D eigenvalue weighted by atomic mass is 33.1. The molecule has 0 aliphatic carbocycles. The maximum atomic E-state index is 10.4. The molecule has 0 fully saturated rings. The highest BCUT2D eigenvalue weighted by Gasteiger charge is 2.01. The van der Waals surface area contributed by atoms with Crippen LogP contribution in [0.15, 0.2) is 0 Å². The van der Waals surface area contributed by atoms with Gasteiger partial charge in [-0.1, -0.05) is 10.8 Å². The van der Waals surface area contributed by atoms with E-state index in [0.717, 1.165) is 21.6 Å². The number of nitrogens with one attached hydrogen (secondary N) is 1. The summed E-state index contributed by atoms with van der Waals surface area (Å²) in [6, 6.07) is 0. The molecule has 0 spiro atoms. The van der Waals surface area contributed by atoms with Gasteiger partial charge in [0.15, 0.2) is 0 Å². The minimum Gasteiger partial charge on any atom is -0.382 e. The molecule has 0 aliphatic heterocycles. The van der Waals surface area contributed by atoms with E-state index in [-0.39, 0.29) is 5.24 Å². The van der Waals surface area contributed by atoms with Crippen LogP contribution >= 0.6 is 21.6 Å². The Labute approximate surface area is 62.0 Å². The van der Waals surface area contributed by atoms with Crippen molar-refractivity contribution < 1.29 is 9.90 Å². The van der Waals surface area contributed by atoms with Crippen LogP contribution in [0.5, 0.6) is 0 Å². The molecule has 0 saturated carbocycles. The van der Waals surface area contributed by atoms with E-state index in [1.807, 2.05) is 0 Å². The summed E-state index contributed by atoms with van der Waals surface area (Å²) in [5, 5.41) is 10.9. The fraction of sp³-hybridized carbons (Fsp3) is 0.750. The Balaban J connectivity index is 3.17. The molecule has 0 heterocycles. The number of carbonyl (C=O) groups is 1. The second-order valence-corrected chi connectivity index (χ2v) is 3.81. The van der Waals surface area contributed by atoms with Crippen molar-refractivity contribution >= 4 is 26.8 Å². The van der Waals surface area contributed by atoms with Crippen molar-refractivity contribution in [1.29, 1.82) is 0 Å². The van der Waals surface area contributed by atoms with Gasteiger partial charge in [0.1, 0.15) is 5.44 Å². The molecule has 1 amide bonds. The SMILES string of the molecule is CNC(=O)SSC(C)O. The summed E-state index contributed by atoms with van der Waals surface area (Å²) in [7, 11) is 3.68. The van der Waals surface area contributed by atoms with Gasteiger partial charge in [0.05, 0.1) is 0 Å². The summed E-state index contributed by atoms with van der Waals surface area (Å²) in [4.78, 5) is 10.4. The van der Waals surface area contributed by atoms with E-state index in [1.165, 1.54) is 0 Å². The van der Waals surface area contributed by atoms with Crippen LogP contribution < -0.4 is 5.32 Å². The lowest BCUT2D eigenvalue weighted by Gasteiger charge is -1.99. The third-order valence-electron chi connectivity index (χ3n) is 0.467. The number of aliphatic hydroxyl groups is 1. The predicted molar refractivity (Wildman–Crippen MR) is 41.3 cm³/mol. The summed E-state index contributed by atoms with van der Waals surface area (Å²) in [6.07, 6.45) is 0. The Bertz CT molecular complexity index is 96.6. The van der Waals surface area contributed by atoms with Crippen LogP contribution in [0.25, 0.3) is 0 Å². The van der Waals surface area contributed by atoms with Crippen LogP contribution in [0, 0.1) is 0 Å². The summed E-state index contributed by atoms with van der Waals surface area (Å²) >= 11 is 0. The summed E-state index contributed by atoms with van der Waals surface area (Å²) in [5.41, 5.74) is -0.493. The molecule has 2 N–H and O–H groups in total. The Hall–Kier alpha value is 0.130. The molecule has 0 aromatic carbocycles. The topological polar surface area (TPSA) is 49.3 Å². The molecule has 0 radical (unpaired) electrons. The van der Waals surface area contributed by atoms with Gasteiger partial charge in [-0.3, -0.25) is 4.79 Å². The number of rotatable bonds is 2. The van der Waals surface area contributed by atoms with Gasteiger partial charge < -0.3 is 10.4 Å². The van der Waals surface area contributed by atoms with E-state index in [1.54, 1.807) is 14.0 Å². The summed E-state index contributed by atoms with van der Waals surface area (Å²) < 4.78 is 0. The van der Waals surface area contributed by atoms with Crippen molar-refractivity contribution in [3.05, 3.63) is 0 Å². The standard InChI is InChI=1S/C4H9NO2S2/c1-3(6)8-9-4(7)5-2/h3,6H,1-2H3,(H,5,7). The van der Waals surface area contributed by atoms with E-state index in [2.05, 4.69) is 5.32 Å². The predicted octanol–water partition coefficient (Wildman–Crippen LogP) is 1.05. The molecule has 0 saturated heterocycles. The van der Waals surface area contributed by atoms with Crippen molar-refractivity contribution in [3.63, 3.8) is 0 Å². The number of hydrogen-bond donors (Lipinski definition) is 2. The average Bonchev–Trinajstić information content (AvgIpc) is 1.83. The Morgan fingerprint density at radius 2 is 2.33 bits per heavy atom. The Morgan fingerprint density at radius 3 is 2.67 bits per heavy atom. The van der Waals surface area contributed by atoms with Crippen molar-refractivity contribution in [2.24, 2.45) is 0 Å². The molecular formula is C4H9NO2S2. The van der Waals surface area contributed by atoms with Crippen molar-refractivity contribution in [2.75, 3.05) is 7.05 Å². The molecule has 0 aliphatic rings. The maximum Gasteiger partial charge on any atom is 0.289 e. The fourth-order valence-electron chi connectivity index (χ4n) is 0.155. The van der Waals surface area contributed by atoms with Gasteiger partial charge in [-0.2, -0.15) is 0 Å². The largest absolute Gasteiger partial charge is 0.382 e. The molecule has 1 atom stereocenters. The first kappa shape index (κ1) is 9.13. The van der Waals surface area contributed by atoms with Crippen LogP contribution in [0.4, 0.5) is 4.79 Å². The first-order valence-electron chi connectivity index (χ1n) is 2.40. The molecule has 0 bridgehead atoms. The quantitative estimate of drug-likeness (QED) is 0.476. The molecule has 0 aromatic rings. The van der Waals surface area contributed by atoms with Crippen LogP contribution in [0.1, 0.15) is 6.92 Å². The van der Waals surface area contributed by atoms with Gasteiger partial charge in [-0.15, -0.1) is 0 Å². The van der Waals surface area contributed by atoms with Crippen molar-refractivity contribution in [1.82, 2.24) is 5.32 Å². The second kappa shape index (κ2) is 4.96. The van der Waals surface area contributed by atoms with Gasteiger partial charge in [-0.25, -0.2) is 0 Å². The van der Waals surface area contributed by atoms with Gasteiger partial charge >= 0.3 is 0 Å². The number of hydrogen-bond acceptors (Lipinski definition) is 4. The van der Waals surface area contributed by atoms with E-state index < -0.39 is 5.44 Å². The molecule has 5 heteroatoms. The molecule has 3 nitrogen and oxygen atoms in total. The second-order valence-electron chi connectivity index (χ2n) is 1.32. The zero-order chi connectivity index (χ0) is 7.28. The molecular weight excluding hydrogens is 158 g/mol. The third kappa shape index (κ3) is 6.01. The Morgan fingerprint density at radius 1 is 1.78 bits per heavy atom. The lowest BCUT2D eigenvalue weighted by atomic mass is 10.9. The van der Waals surface area contributed by atoms with E-state index in [4.69, 9.17) is 5.11 Å². The van der Waals surface area contributed by atoms with Crippen molar-refractivity contribution in [3.8, 4) is 0 Å². The Kier molecular flexibility index (Phi) is 5.03. The van der Waals surface area contributed by atoms with Crippen molar-refractivity contribution in [2.45, 2.75) is 12.4 Å². The molecule has 1 unspecified atom stereocenters. The maximum absolute atomic E-state index is 10.4. The summed E-state index contributed by atoms with van der Waals surface area (Å²) in [6.45, 7) is 1.61. The number of amides is 1. The molecule has 54 valence electrons. The monoisotopic (exact) mass is 167 g/mol. The van der Waals surface area contributed by atoms with E-state index in [0.29, 0.717) is 0 Å². The van der Waals surface area contributed by atoms with Crippen LogP contribution in [-0.4, -0.2) is 22.8 Å². The minimum absolute atomic E-state index is 0.138. The van der Waals surface area contributed by atoms with Gasteiger partial charge in [0.25, 0.3) is 5.24 Å². The lowest BCUT2D eigenvalue weighted by molar-refractivity contribution is 0.262. The zero-order valence-corrected chi connectivity index (χ0v) is 6.88. The van der Waals surface area contributed by atoms with Gasteiger partial charge in [0.2, 0.25) is 0 Å². The minimum atomic E-state index is -0.493. The van der Waals surface area contributed by atoms with Crippen LogP contribution in [0.2, 0.25) is 0 Å². The number of carbonyl (C=O) groups excluding carboxylic acids is 1. The van der Waals surface area contributed by atoms with Gasteiger partial charge in [-0.05, 0) is 6.92 Å².